The number of rotatable bonds is 4. The van der Waals surface area contributed by atoms with E-state index in [1.807, 2.05) is 54.6 Å². The highest BCUT2D eigenvalue weighted by Crippen LogP contribution is 2.29. The fourth-order valence-corrected chi connectivity index (χ4v) is 3.34. The van der Waals surface area contributed by atoms with Crippen molar-refractivity contribution in [2.75, 3.05) is 10.6 Å². The van der Waals surface area contributed by atoms with Gasteiger partial charge in [-0.25, -0.2) is 14.8 Å². The summed E-state index contributed by atoms with van der Waals surface area (Å²) >= 11 is 0. The Morgan fingerprint density at radius 1 is 0.933 bits per heavy atom. The van der Waals surface area contributed by atoms with Crippen molar-refractivity contribution < 1.29 is 4.79 Å². The first kappa shape index (κ1) is 17.6. The van der Waals surface area contributed by atoms with Crippen LogP contribution in [0.1, 0.15) is 0 Å². The number of aromatic amines is 1. The van der Waals surface area contributed by atoms with E-state index >= 15 is 0 Å². The second-order valence-corrected chi connectivity index (χ2v) is 6.78. The average molecular weight is 395 g/mol. The Balaban J connectivity index is 1.60. The molecule has 0 unspecified atom stereocenters. The van der Waals surface area contributed by atoms with Crippen molar-refractivity contribution in [2.24, 2.45) is 5.73 Å². The molecule has 30 heavy (non-hydrogen) atoms. The number of anilines is 3. The molecule has 0 radical (unpaired) electrons. The van der Waals surface area contributed by atoms with Crippen LogP contribution in [0.4, 0.5) is 22.0 Å². The summed E-state index contributed by atoms with van der Waals surface area (Å²) in [7, 11) is 0. The van der Waals surface area contributed by atoms with Crippen LogP contribution in [0.2, 0.25) is 0 Å². The minimum atomic E-state index is -0.622. The number of hydrogen-bond donors (Lipinski definition) is 4. The first-order valence-corrected chi connectivity index (χ1v) is 9.29. The number of nitrogens with zero attached hydrogens (tertiary/aromatic N) is 3. The van der Waals surface area contributed by atoms with Gasteiger partial charge in [0.2, 0.25) is 0 Å². The zero-order valence-electron chi connectivity index (χ0n) is 15.8. The van der Waals surface area contributed by atoms with E-state index in [1.165, 1.54) is 0 Å². The second kappa shape index (κ2) is 7.17. The second-order valence-electron chi connectivity index (χ2n) is 6.78. The summed E-state index contributed by atoms with van der Waals surface area (Å²) in [5, 5.41) is 14.9. The number of fused-ring (bicyclic) bond motifs is 2. The minimum Gasteiger partial charge on any atom is -0.351 e. The van der Waals surface area contributed by atoms with Crippen molar-refractivity contribution in [3.63, 3.8) is 0 Å². The van der Waals surface area contributed by atoms with Gasteiger partial charge in [0.25, 0.3) is 0 Å². The van der Waals surface area contributed by atoms with Crippen molar-refractivity contribution >= 4 is 45.0 Å². The number of carbonyl (C=O) groups is 1. The van der Waals surface area contributed by atoms with Crippen LogP contribution >= 0.6 is 0 Å². The number of urea groups is 1. The Labute approximate surface area is 171 Å². The monoisotopic (exact) mass is 395 g/mol. The number of carbonyl (C=O) groups excluding carboxylic acids is 1. The molecule has 0 aliphatic heterocycles. The number of H-pyrrole nitrogens is 1. The van der Waals surface area contributed by atoms with Gasteiger partial charge in [0, 0.05) is 27.7 Å². The van der Waals surface area contributed by atoms with Crippen LogP contribution in [0.3, 0.4) is 0 Å². The average Bonchev–Trinajstić information content (AvgIpc) is 3.21. The smallest absolute Gasteiger partial charge is 0.316 e. The molecule has 0 bridgehead atoms. The molecule has 5 aromatic rings. The standard InChI is InChI=1S/C22H17N7O/c23-22(30)26-15-5-3-4-13(10-15)20-27-19-7-2-1-6-17(19)21(28-20)25-16-8-9-18-14(11-16)12-24-29-18/h1-12H,(H,24,29)(H3,23,26,30)(H,25,27,28). The third-order valence-electron chi connectivity index (χ3n) is 4.69. The summed E-state index contributed by atoms with van der Waals surface area (Å²) in [5.74, 6) is 1.22. The largest absolute Gasteiger partial charge is 0.351 e. The minimum absolute atomic E-state index is 0.536. The number of nitrogens with one attached hydrogen (secondary N) is 3. The van der Waals surface area contributed by atoms with E-state index < -0.39 is 6.03 Å². The molecular formula is C22H17N7O. The number of benzene rings is 3. The predicted octanol–water partition coefficient (Wildman–Crippen LogP) is 4.41. The molecule has 8 heteroatoms. The van der Waals surface area contributed by atoms with Crippen LogP contribution in [0.25, 0.3) is 33.2 Å². The zero-order valence-corrected chi connectivity index (χ0v) is 15.8. The first-order chi connectivity index (χ1) is 14.7. The van der Waals surface area contributed by atoms with Crippen molar-refractivity contribution in [2.45, 2.75) is 0 Å². The lowest BCUT2D eigenvalue weighted by atomic mass is 10.1. The Morgan fingerprint density at radius 2 is 1.83 bits per heavy atom. The van der Waals surface area contributed by atoms with E-state index in [0.717, 1.165) is 33.1 Å². The van der Waals surface area contributed by atoms with Crippen molar-refractivity contribution in [3.05, 3.63) is 72.9 Å². The Kier molecular flexibility index (Phi) is 4.21. The normalized spacial score (nSPS) is 10.9. The highest BCUT2D eigenvalue weighted by atomic mass is 16.2. The van der Waals surface area contributed by atoms with E-state index in [0.29, 0.717) is 17.3 Å². The lowest BCUT2D eigenvalue weighted by Crippen LogP contribution is -2.19. The molecule has 0 atom stereocenters. The van der Waals surface area contributed by atoms with Gasteiger partial charge in [-0.15, -0.1) is 0 Å². The summed E-state index contributed by atoms with van der Waals surface area (Å²) in [6.07, 6.45) is 1.78. The van der Waals surface area contributed by atoms with E-state index in [9.17, 15) is 4.79 Å². The van der Waals surface area contributed by atoms with Crippen LogP contribution in [-0.2, 0) is 0 Å². The first-order valence-electron chi connectivity index (χ1n) is 9.29. The number of hydrogen-bond acceptors (Lipinski definition) is 5. The summed E-state index contributed by atoms with van der Waals surface area (Å²) in [5.41, 5.74) is 9.24. The van der Waals surface area contributed by atoms with Gasteiger partial charge in [-0.1, -0.05) is 24.3 Å². The highest BCUT2D eigenvalue weighted by Gasteiger charge is 2.11. The number of amides is 2. The van der Waals surface area contributed by atoms with Crippen molar-refractivity contribution in [1.82, 2.24) is 20.2 Å². The maximum atomic E-state index is 11.2. The Bertz CT molecular complexity index is 1390. The fraction of sp³-hybridized carbons (Fsp3) is 0. The van der Waals surface area contributed by atoms with Crippen LogP contribution < -0.4 is 16.4 Å². The quantitative estimate of drug-likeness (QED) is 0.359. The molecule has 0 aliphatic rings. The maximum absolute atomic E-state index is 11.2. The van der Waals surface area contributed by atoms with Gasteiger partial charge >= 0.3 is 6.03 Å². The number of aromatic nitrogens is 4. The maximum Gasteiger partial charge on any atom is 0.316 e. The topological polar surface area (TPSA) is 122 Å². The summed E-state index contributed by atoms with van der Waals surface area (Å²) < 4.78 is 0. The molecule has 0 fully saturated rings. The van der Waals surface area contributed by atoms with Gasteiger partial charge in [0.15, 0.2) is 5.82 Å². The van der Waals surface area contributed by atoms with Gasteiger partial charge in [0.05, 0.1) is 17.2 Å². The Hall–Kier alpha value is -4.46. The van der Waals surface area contributed by atoms with E-state index in [1.54, 1.807) is 18.3 Å². The van der Waals surface area contributed by atoms with Gasteiger partial charge in [-0.2, -0.15) is 5.10 Å². The molecule has 0 saturated carbocycles. The zero-order chi connectivity index (χ0) is 20.5. The van der Waals surface area contributed by atoms with Crippen LogP contribution in [0.5, 0.6) is 0 Å². The number of para-hydroxylation sites is 1. The molecule has 3 aromatic carbocycles. The summed E-state index contributed by atoms with van der Waals surface area (Å²) in [4.78, 5) is 20.6. The van der Waals surface area contributed by atoms with Crippen LogP contribution in [-0.4, -0.2) is 26.2 Å². The lowest BCUT2D eigenvalue weighted by molar-refractivity contribution is 0.259. The van der Waals surface area contributed by atoms with Gasteiger partial charge in [-0.3, -0.25) is 5.10 Å². The molecule has 146 valence electrons. The van der Waals surface area contributed by atoms with Crippen molar-refractivity contribution in [3.8, 4) is 11.4 Å². The van der Waals surface area contributed by atoms with Gasteiger partial charge in [-0.05, 0) is 42.5 Å². The molecular weight excluding hydrogens is 378 g/mol. The molecule has 5 N–H and O–H groups in total. The molecule has 0 saturated heterocycles. The molecule has 2 heterocycles. The van der Waals surface area contributed by atoms with Crippen LogP contribution in [0.15, 0.2) is 72.9 Å². The molecule has 0 aliphatic carbocycles. The van der Waals surface area contributed by atoms with Crippen LogP contribution in [0, 0.1) is 0 Å². The summed E-state index contributed by atoms with van der Waals surface area (Å²) in [6, 6.07) is 20.4. The van der Waals surface area contributed by atoms with Gasteiger partial charge in [0.1, 0.15) is 5.82 Å². The fourth-order valence-electron chi connectivity index (χ4n) is 3.34. The molecule has 2 aromatic heterocycles. The van der Waals surface area contributed by atoms with Crippen molar-refractivity contribution in [1.29, 1.82) is 0 Å². The summed E-state index contributed by atoms with van der Waals surface area (Å²) in [6.45, 7) is 0. The Morgan fingerprint density at radius 3 is 2.73 bits per heavy atom. The number of nitrogens with two attached hydrogens (primary N) is 1. The van der Waals surface area contributed by atoms with E-state index in [-0.39, 0.29) is 0 Å². The lowest BCUT2D eigenvalue weighted by Gasteiger charge is -2.12. The van der Waals surface area contributed by atoms with E-state index in [4.69, 9.17) is 15.7 Å². The predicted molar refractivity (Wildman–Crippen MR) is 118 cm³/mol. The third kappa shape index (κ3) is 3.37. The molecule has 2 amide bonds. The molecule has 5 rings (SSSR count). The third-order valence-corrected chi connectivity index (χ3v) is 4.69. The van der Waals surface area contributed by atoms with Gasteiger partial charge < -0.3 is 16.4 Å². The number of primary amides is 1. The van der Waals surface area contributed by atoms with E-state index in [2.05, 4.69) is 20.8 Å². The molecule has 8 nitrogen and oxygen atoms in total. The SMILES string of the molecule is NC(=O)Nc1cccc(-c2nc(Nc3ccc4[nH]ncc4c3)c3ccccc3n2)c1. The highest BCUT2D eigenvalue weighted by molar-refractivity contribution is 5.94. The molecule has 0 spiro atoms.